The molecule has 0 unspecified atom stereocenters. The molecule has 0 amide bonds. The van der Waals surface area contributed by atoms with E-state index in [1.54, 1.807) is 44.2 Å². The van der Waals surface area contributed by atoms with Crippen molar-refractivity contribution in [3.8, 4) is 11.5 Å². The van der Waals surface area contributed by atoms with Crippen LogP contribution in [-0.4, -0.2) is 38.2 Å². The van der Waals surface area contributed by atoms with Crippen LogP contribution in [0.3, 0.4) is 0 Å². The number of methoxy groups -OCH3 is 1. The second kappa shape index (κ2) is 16.0. The van der Waals surface area contributed by atoms with Crippen molar-refractivity contribution >= 4 is 65.1 Å². The maximum absolute atomic E-state index is 12.2. The van der Waals surface area contributed by atoms with Crippen molar-refractivity contribution in [3.63, 3.8) is 0 Å². The maximum Gasteiger partial charge on any atom is 1.00 e. The molecular formula is C31H25N5Na2O8S2. The summed E-state index contributed by atoms with van der Waals surface area (Å²) in [5.41, 5.74) is 2.28. The van der Waals surface area contributed by atoms with E-state index < -0.39 is 41.5 Å². The van der Waals surface area contributed by atoms with Gasteiger partial charge in [-0.25, -0.2) is 16.8 Å². The minimum absolute atomic E-state index is 0. The van der Waals surface area contributed by atoms with E-state index in [9.17, 15) is 31.0 Å². The molecule has 0 aliphatic rings. The topological polar surface area (TPSA) is 205 Å². The third-order valence-corrected chi connectivity index (χ3v) is 8.57. The fraction of sp³-hybridized carbons (Fsp3) is 0.0968. The predicted octanol–water partition coefficient (Wildman–Crippen LogP) is 1.56. The summed E-state index contributed by atoms with van der Waals surface area (Å²) >= 11 is 0. The quantitative estimate of drug-likeness (QED) is 0.130. The Labute approximate surface area is 321 Å². The number of phenols is 1. The second-order valence-electron chi connectivity index (χ2n) is 10.1. The van der Waals surface area contributed by atoms with Gasteiger partial charge in [0.15, 0.2) is 5.75 Å². The molecule has 17 heteroatoms. The molecule has 0 fully saturated rings. The number of ether oxygens (including phenoxy) is 1. The van der Waals surface area contributed by atoms with Gasteiger partial charge in [-0.3, -0.25) is 0 Å². The first kappa shape index (κ1) is 39.2. The summed E-state index contributed by atoms with van der Waals surface area (Å²) in [5, 5.41) is 30.9. The zero-order chi connectivity index (χ0) is 33.2. The number of azo groups is 2. The Morgan fingerprint density at radius 2 is 1.25 bits per heavy atom. The summed E-state index contributed by atoms with van der Waals surface area (Å²) < 4.78 is 76.9. The fourth-order valence-corrected chi connectivity index (χ4v) is 5.79. The number of fused-ring (bicyclic) bond motifs is 1. The van der Waals surface area contributed by atoms with Crippen molar-refractivity contribution in [3.05, 3.63) is 96.1 Å². The van der Waals surface area contributed by atoms with Crippen molar-refractivity contribution in [1.29, 1.82) is 0 Å². The van der Waals surface area contributed by atoms with Gasteiger partial charge in [-0.2, -0.15) is 10.2 Å². The first-order chi connectivity index (χ1) is 21.7. The predicted molar refractivity (Wildman–Crippen MR) is 169 cm³/mol. The van der Waals surface area contributed by atoms with Gasteiger partial charge in [0.25, 0.3) is 0 Å². The Hall–Kier alpha value is -3.22. The van der Waals surface area contributed by atoms with E-state index in [0.29, 0.717) is 27.9 Å². The molecule has 0 aliphatic carbocycles. The fourth-order valence-electron chi connectivity index (χ4n) is 4.52. The normalized spacial score (nSPS) is 11.8. The van der Waals surface area contributed by atoms with Gasteiger partial charge in [0, 0.05) is 16.8 Å². The van der Waals surface area contributed by atoms with Gasteiger partial charge in [0.2, 0.25) is 0 Å². The van der Waals surface area contributed by atoms with E-state index >= 15 is 0 Å². The molecule has 0 heterocycles. The van der Waals surface area contributed by atoms with Gasteiger partial charge in [-0.1, -0.05) is 18.2 Å². The minimum Gasteiger partial charge on any atom is -0.744 e. The van der Waals surface area contributed by atoms with Crippen molar-refractivity contribution in [1.82, 2.24) is 0 Å². The van der Waals surface area contributed by atoms with Gasteiger partial charge in [0.1, 0.15) is 37.4 Å². The average molecular weight is 706 g/mol. The Balaban J connectivity index is 0.00000312. The SMILES string of the molecule is COc1ccc(N=Nc2cc(C)c(N=Nc3c(S(=O)(=O)[O-])cc4cc(Nc5ccccc5)ccc4c3O)cc2C)c(S(=O)(=O)[O-])c1.[Na+].[Na+]. The Morgan fingerprint density at radius 1 is 0.667 bits per heavy atom. The molecule has 5 rings (SSSR count). The number of anilines is 2. The van der Waals surface area contributed by atoms with E-state index in [1.807, 2.05) is 30.3 Å². The second-order valence-corrected chi connectivity index (χ2v) is 12.8. The number of para-hydroxylation sites is 1. The minimum atomic E-state index is -5.09. The standard InChI is InChI=1S/C31H27N5O8S2.2Na/c1-18-14-27(19(2)13-26(18)34-33-25-12-10-23(44-3)17-28(25)45(38,39)40)35-36-30-29(46(41,42)43)16-20-15-22(9-11-24(20)31(30)37)32-21-7-5-4-6-8-21;;/h4-17,32,37H,1-3H3,(H,38,39,40)(H,41,42,43);;/q;2*+1/p-2. The molecule has 0 radical (unpaired) electrons. The molecule has 0 aromatic heterocycles. The van der Waals surface area contributed by atoms with Crippen LogP contribution in [-0.2, 0) is 20.2 Å². The first-order valence-corrected chi connectivity index (χ1v) is 16.2. The smallest absolute Gasteiger partial charge is 0.744 e. The van der Waals surface area contributed by atoms with Crippen LogP contribution in [0.1, 0.15) is 11.1 Å². The van der Waals surface area contributed by atoms with Crippen LogP contribution in [0.4, 0.5) is 34.1 Å². The van der Waals surface area contributed by atoms with E-state index in [4.69, 9.17) is 4.74 Å². The zero-order valence-corrected chi connectivity index (χ0v) is 32.1. The molecule has 48 heavy (non-hydrogen) atoms. The van der Waals surface area contributed by atoms with E-state index in [0.717, 1.165) is 17.8 Å². The van der Waals surface area contributed by atoms with Crippen LogP contribution in [0, 0.1) is 13.8 Å². The summed E-state index contributed by atoms with van der Waals surface area (Å²) in [5.74, 6) is -0.379. The molecule has 0 bridgehead atoms. The Kier molecular flexibility index (Phi) is 13.1. The maximum atomic E-state index is 12.2. The van der Waals surface area contributed by atoms with Crippen molar-refractivity contribution in [2.45, 2.75) is 23.6 Å². The van der Waals surface area contributed by atoms with Crippen LogP contribution in [0.15, 0.2) is 115 Å². The first-order valence-electron chi connectivity index (χ1n) is 13.4. The number of hydrogen-bond acceptors (Lipinski definition) is 13. The summed E-state index contributed by atoms with van der Waals surface area (Å²) in [4.78, 5) is -1.35. The molecule has 236 valence electrons. The molecule has 0 saturated carbocycles. The number of phenolic OH excluding ortho intramolecular Hbond substituents is 1. The molecule has 5 aromatic rings. The summed E-state index contributed by atoms with van der Waals surface area (Å²) in [6, 6.07) is 22.1. The van der Waals surface area contributed by atoms with Gasteiger partial charge in [0.05, 0.1) is 28.3 Å². The van der Waals surface area contributed by atoms with Crippen LogP contribution < -0.4 is 69.2 Å². The van der Waals surface area contributed by atoms with Gasteiger partial charge < -0.3 is 24.3 Å². The molecule has 0 saturated heterocycles. The number of hydrogen-bond donors (Lipinski definition) is 2. The molecule has 0 spiro atoms. The zero-order valence-electron chi connectivity index (χ0n) is 26.5. The molecular weight excluding hydrogens is 680 g/mol. The number of nitrogens with one attached hydrogen (secondary N) is 1. The molecule has 5 aromatic carbocycles. The average Bonchev–Trinajstić information content (AvgIpc) is 3.00. The van der Waals surface area contributed by atoms with Gasteiger partial charge in [-0.05, 0) is 97.1 Å². The Bertz CT molecular complexity index is 2270. The van der Waals surface area contributed by atoms with Crippen LogP contribution in [0.25, 0.3) is 10.8 Å². The van der Waals surface area contributed by atoms with Crippen LogP contribution >= 0.6 is 0 Å². The number of benzene rings is 5. The van der Waals surface area contributed by atoms with E-state index in [2.05, 4.69) is 25.8 Å². The van der Waals surface area contributed by atoms with E-state index in [1.165, 1.54) is 19.2 Å². The third kappa shape index (κ3) is 9.06. The largest absolute Gasteiger partial charge is 1.00 e. The van der Waals surface area contributed by atoms with Crippen molar-refractivity contribution in [2.24, 2.45) is 20.5 Å². The summed E-state index contributed by atoms with van der Waals surface area (Å²) in [6.45, 7) is 3.31. The van der Waals surface area contributed by atoms with Crippen LogP contribution in [0.5, 0.6) is 11.5 Å². The Morgan fingerprint density at radius 3 is 1.83 bits per heavy atom. The molecule has 0 aliphatic heterocycles. The van der Waals surface area contributed by atoms with E-state index in [-0.39, 0.29) is 81.6 Å². The number of aryl methyl sites for hydroxylation is 2. The van der Waals surface area contributed by atoms with Gasteiger partial charge in [-0.15, -0.1) is 10.2 Å². The third-order valence-electron chi connectivity index (χ3n) is 6.86. The number of aromatic hydroxyl groups is 1. The van der Waals surface area contributed by atoms with Crippen molar-refractivity contribution in [2.75, 3.05) is 12.4 Å². The van der Waals surface area contributed by atoms with Crippen LogP contribution in [0.2, 0.25) is 0 Å². The number of rotatable bonds is 9. The van der Waals surface area contributed by atoms with Crippen molar-refractivity contribution < 1.29 is 94.9 Å². The molecule has 0 atom stereocenters. The number of nitrogens with zero attached hydrogens (tertiary/aromatic N) is 4. The van der Waals surface area contributed by atoms with Gasteiger partial charge >= 0.3 is 59.1 Å². The summed E-state index contributed by atoms with van der Waals surface area (Å²) in [6.07, 6.45) is 0. The summed E-state index contributed by atoms with van der Waals surface area (Å²) in [7, 11) is -8.64. The molecule has 13 nitrogen and oxygen atoms in total. The monoisotopic (exact) mass is 705 g/mol. The molecule has 2 N–H and O–H groups in total.